The van der Waals surface area contributed by atoms with Crippen LogP contribution >= 0.6 is 24.0 Å². The van der Waals surface area contributed by atoms with E-state index >= 15 is 0 Å². The summed E-state index contributed by atoms with van der Waals surface area (Å²) in [6.07, 6.45) is 5.73. The van der Waals surface area contributed by atoms with Crippen molar-refractivity contribution in [1.82, 2.24) is 9.88 Å². The summed E-state index contributed by atoms with van der Waals surface area (Å²) in [7, 11) is 0. The molecule has 0 amide bonds. The van der Waals surface area contributed by atoms with Gasteiger partial charge in [-0.3, -0.25) is 4.79 Å². The maximum Gasteiger partial charge on any atom is 0.250 e. The molecule has 134 valence electrons. The lowest BCUT2D eigenvalue weighted by atomic mass is 9.85. The molecule has 25 heavy (non-hydrogen) atoms. The summed E-state index contributed by atoms with van der Waals surface area (Å²) in [5.74, 6) is 1.28. The van der Waals surface area contributed by atoms with Gasteiger partial charge in [0.2, 0.25) is 0 Å². The molecule has 6 heteroatoms. The average molecular weight is 452 g/mol. The van der Waals surface area contributed by atoms with Gasteiger partial charge in [-0.2, -0.15) is 0 Å². The van der Waals surface area contributed by atoms with E-state index in [9.17, 15) is 4.79 Å². The number of guanidine groups is 1. The topological polar surface area (TPSA) is 72.4 Å². The van der Waals surface area contributed by atoms with Crippen molar-refractivity contribution >= 4 is 29.9 Å². The number of aliphatic imine (C=N–C) groups is 1. The summed E-state index contributed by atoms with van der Waals surface area (Å²) in [5, 5.41) is 3.19. The molecule has 1 aromatic carbocycles. The fraction of sp³-hybridized carbons (Fsp3) is 0.368. The van der Waals surface area contributed by atoms with Gasteiger partial charge < -0.3 is 15.6 Å². The molecule has 0 unspecified atom stereocenters. The molecule has 0 atom stereocenters. The smallest absolute Gasteiger partial charge is 0.250 e. The van der Waals surface area contributed by atoms with Crippen molar-refractivity contribution in [2.24, 2.45) is 16.6 Å². The molecule has 0 saturated heterocycles. The van der Waals surface area contributed by atoms with Crippen LogP contribution in [0.5, 0.6) is 0 Å². The van der Waals surface area contributed by atoms with Gasteiger partial charge >= 0.3 is 0 Å². The van der Waals surface area contributed by atoms with Gasteiger partial charge in [0.05, 0.1) is 13.1 Å². The van der Waals surface area contributed by atoms with Crippen LogP contribution in [0.25, 0.3) is 0 Å². The number of benzene rings is 1. The predicted molar refractivity (Wildman–Crippen MR) is 112 cm³/mol. The Morgan fingerprint density at radius 3 is 2.52 bits per heavy atom. The lowest BCUT2D eigenvalue weighted by molar-refractivity contribution is 0.315. The highest BCUT2D eigenvalue weighted by atomic mass is 127. The highest BCUT2D eigenvalue weighted by Gasteiger charge is 2.16. The zero-order chi connectivity index (χ0) is 16.8. The van der Waals surface area contributed by atoms with Gasteiger partial charge in [-0.1, -0.05) is 36.8 Å². The molecule has 1 aliphatic rings. The minimum atomic E-state index is 0. The molecule has 0 spiro atoms. The van der Waals surface area contributed by atoms with E-state index in [0.29, 0.717) is 19.0 Å². The number of pyridine rings is 1. The van der Waals surface area contributed by atoms with Gasteiger partial charge in [0.15, 0.2) is 5.96 Å². The maximum absolute atomic E-state index is 11.7. The van der Waals surface area contributed by atoms with Crippen molar-refractivity contribution in [3.05, 3.63) is 70.1 Å². The molecule has 0 bridgehead atoms. The second kappa shape index (κ2) is 9.60. The number of aromatic nitrogens is 1. The summed E-state index contributed by atoms with van der Waals surface area (Å²) in [6.45, 7) is 2.07. The van der Waals surface area contributed by atoms with Crippen LogP contribution in [0, 0.1) is 5.92 Å². The summed E-state index contributed by atoms with van der Waals surface area (Å²) in [4.78, 5) is 16.1. The monoisotopic (exact) mass is 452 g/mol. The predicted octanol–water partition coefficient (Wildman–Crippen LogP) is 2.72. The number of hydrogen-bond acceptors (Lipinski definition) is 2. The number of halogens is 1. The fourth-order valence-corrected chi connectivity index (χ4v) is 2.72. The molecule has 1 heterocycles. The normalized spacial score (nSPS) is 14.5. The SMILES string of the molecule is I.NC(=NCc1ccc(Cn2ccccc2=O)cc1)NCC1CCC1. The van der Waals surface area contributed by atoms with Crippen molar-refractivity contribution in [3.8, 4) is 0 Å². The minimum absolute atomic E-state index is 0. The van der Waals surface area contributed by atoms with Crippen molar-refractivity contribution < 1.29 is 0 Å². The molecule has 1 fully saturated rings. The maximum atomic E-state index is 11.7. The number of nitrogens with zero attached hydrogens (tertiary/aromatic N) is 2. The Morgan fingerprint density at radius 1 is 1.16 bits per heavy atom. The van der Waals surface area contributed by atoms with Crippen molar-refractivity contribution in [2.45, 2.75) is 32.4 Å². The van der Waals surface area contributed by atoms with E-state index in [4.69, 9.17) is 5.73 Å². The van der Waals surface area contributed by atoms with E-state index in [0.717, 1.165) is 23.6 Å². The molecule has 2 aromatic rings. The van der Waals surface area contributed by atoms with E-state index in [1.165, 1.54) is 19.3 Å². The Hall–Kier alpha value is -1.83. The summed E-state index contributed by atoms with van der Waals surface area (Å²) in [5.41, 5.74) is 8.10. The zero-order valence-electron chi connectivity index (χ0n) is 14.2. The Labute approximate surface area is 165 Å². The Morgan fingerprint density at radius 2 is 1.88 bits per heavy atom. The summed E-state index contributed by atoms with van der Waals surface area (Å²) in [6, 6.07) is 13.3. The van der Waals surface area contributed by atoms with Gasteiger partial charge in [0, 0.05) is 18.8 Å². The van der Waals surface area contributed by atoms with Crippen molar-refractivity contribution in [3.63, 3.8) is 0 Å². The van der Waals surface area contributed by atoms with Crippen LogP contribution < -0.4 is 16.6 Å². The molecule has 1 aliphatic carbocycles. The zero-order valence-corrected chi connectivity index (χ0v) is 16.6. The van der Waals surface area contributed by atoms with Crippen LogP contribution in [0.2, 0.25) is 0 Å². The molecule has 3 rings (SSSR count). The standard InChI is InChI=1S/C19H24N4O.HI/c20-19(21-12-15-4-3-5-15)22-13-16-7-9-17(10-8-16)14-23-11-2-1-6-18(23)24;/h1-2,6-11,15H,3-5,12-14H2,(H3,20,21,22);1H. The molecule has 1 saturated carbocycles. The van der Waals surface area contributed by atoms with Gasteiger partial charge in [0.25, 0.3) is 5.56 Å². The average Bonchev–Trinajstić information content (AvgIpc) is 2.55. The number of nitrogens with two attached hydrogens (primary N) is 1. The van der Waals surface area contributed by atoms with Crippen LogP contribution in [-0.4, -0.2) is 17.1 Å². The highest BCUT2D eigenvalue weighted by molar-refractivity contribution is 14.0. The molecular formula is C19H25IN4O. The molecule has 1 aromatic heterocycles. The van der Waals surface area contributed by atoms with Gasteiger partial charge in [0.1, 0.15) is 0 Å². The number of nitrogens with one attached hydrogen (secondary N) is 1. The van der Waals surface area contributed by atoms with Crippen LogP contribution in [0.3, 0.4) is 0 Å². The van der Waals surface area contributed by atoms with Crippen LogP contribution in [-0.2, 0) is 13.1 Å². The van der Waals surface area contributed by atoms with Gasteiger partial charge in [-0.15, -0.1) is 24.0 Å². The second-order valence-electron chi connectivity index (χ2n) is 6.36. The van der Waals surface area contributed by atoms with Crippen molar-refractivity contribution in [2.75, 3.05) is 6.54 Å². The molecule has 0 aliphatic heterocycles. The van der Waals surface area contributed by atoms with E-state index in [1.54, 1.807) is 22.9 Å². The van der Waals surface area contributed by atoms with Crippen LogP contribution in [0.4, 0.5) is 0 Å². The quantitative estimate of drug-likeness (QED) is 0.402. The Kier molecular flexibility index (Phi) is 7.49. The molecular weight excluding hydrogens is 427 g/mol. The largest absolute Gasteiger partial charge is 0.370 e. The summed E-state index contributed by atoms with van der Waals surface area (Å²) >= 11 is 0. The molecule has 3 N–H and O–H groups in total. The van der Waals surface area contributed by atoms with Crippen LogP contribution in [0.1, 0.15) is 30.4 Å². The molecule has 5 nitrogen and oxygen atoms in total. The van der Waals surface area contributed by atoms with E-state index in [1.807, 2.05) is 30.3 Å². The van der Waals surface area contributed by atoms with Gasteiger partial charge in [-0.25, -0.2) is 4.99 Å². The fourth-order valence-electron chi connectivity index (χ4n) is 2.72. The summed E-state index contributed by atoms with van der Waals surface area (Å²) < 4.78 is 1.69. The Bertz CT molecular complexity index is 751. The first-order valence-electron chi connectivity index (χ1n) is 8.48. The van der Waals surface area contributed by atoms with Gasteiger partial charge in [-0.05, 0) is 36.0 Å². The first-order valence-corrected chi connectivity index (χ1v) is 8.48. The third-order valence-electron chi connectivity index (χ3n) is 4.50. The van der Waals surface area contributed by atoms with E-state index in [-0.39, 0.29) is 29.5 Å². The lowest BCUT2D eigenvalue weighted by Crippen LogP contribution is -2.37. The first kappa shape index (κ1) is 19.5. The van der Waals surface area contributed by atoms with Crippen LogP contribution in [0.15, 0.2) is 58.4 Å². The number of rotatable bonds is 6. The van der Waals surface area contributed by atoms with E-state index in [2.05, 4.69) is 10.3 Å². The first-order chi connectivity index (χ1) is 11.7. The Balaban J connectivity index is 0.00000225. The highest BCUT2D eigenvalue weighted by Crippen LogP contribution is 2.24. The number of hydrogen-bond donors (Lipinski definition) is 2. The second-order valence-corrected chi connectivity index (χ2v) is 6.36. The lowest BCUT2D eigenvalue weighted by Gasteiger charge is -2.25. The molecule has 0 radical (unpaired) electrons. The van der Waals surface area contributed by atoms with E-state index < -0.39 is 0 Å². The van der Waals surface area contributed by atoms with Crippen molar-refractivity contribution in [1.29, 1.82) is 0 Å². The third-order valence-corrected chi connectivity index (χ3v) is 4.50. The third kappa shape index (κ3) is 5.88. The minimum Gasteiger partial charge on any atom is -0.370 e.